The van der Waals surface area contributed by atoms with Gasteiger partial charge >= 0.3 is 0 Å². The molecule has 0 atom stereocenters. The number of carbonyl (C=O) groups excluding carboxylic acids is 1. The van der Waals surface area contributed by atoms with Gasteiger partial charge in [0.1, 0.15) is 5.78 Å². The number of rotatable bonds is 1. The van der Waals surface area contributed by atoms with Crippen LogP contribution < -0.4 is 0 Å². The molecule has 0 bridgehead atoms. The second-order valence-electron chi connectivity index (χ2n) is 3.84. The number of Topliss-reactive ketones (excluding diaryl/α,β-unsaturated/α-hetero) is 1. The van der Waals surface area contributed by atoms with Crippen LogP contribution in [-0.4, -0.2) is 10.8 Å². The predicted octanol–water partition coefficient (Wildman–Crippen LogP) is 1.51. The van der Waals surface area contributed by atoms with E-state index in [1.165, 1.54) is 0 Å². The van der Waals surface area contributed by atoms with Crippen molar-refractivity contribution in [2.75, 3.05) is 0 Å². The molecular weight excluding hydrogens is 176 g/mol. The number of aromatic nitrogens is 1. The molecule has 1 fully saturated rings. The predicted molar refractivity (Wildman–Crippen MR) is 50.5 cm³/mol. The molecule has 14 heavy (non-hydrogen) atoms. The van der Waals surface area contributed by atoms with Crippen molar-refractivity contribution in [1.82, 2.24) is 4.98 Å². The number of ketones is 1. The average molecular weight is 186 g/mol. The number of carbonyl (C=O) groups is 1. The number of nitriles is 1. The maximum Gasteiger partial charge on any atom is 0.136 e. The Labute approximate surface area is 82.4 Å². The molecule has 3 heteroatoms. The minimum Gasteiger partial charge on any atom is -0.300 e. The van der Waals surface area contributed by atoms with Crippen LogP contribution in [0.25, 0.3) is 0 Å². The van der Waals surface area contributed by atoms with Crippen LogP contribution in [-0.2, 0) is 10.2 Å². The number of hydrogen-bond donors (Lipinski definition) is 0. The Morgan fingerprint density at radius 2 is 2.21 bits per heavy atom. The van der Waals surface area contributed by atoms with E-state index in [1.807, 2.05) is 13.0 Å². The van der Waals surface area contributed by atoms with Crippen LogP contribution in [0.15, 0.2) is 18.5 Å². The van der Waals surface area contributed by atoms with Crippen LogP contribution in [0, 0.1) is 18.3 Å². The average Bonchev–Trinajstić information content (AvgIpc) is 2.12. The number of aryl methyl sites for hydroxylation is 1. The lowest BCUT2D eigenvalue weighted by Crippen LogP contribution is -2.40. The largest absolute Gasteiger partial charge is 0.300 e. The van der Waals surface area contributed by atoms with E-state index in [1.54, 1.807) is 12.4 Å². The molecule has 0 radical (unpaired) electrons. The standard InChI is InChI=1S/C11H10N2O/c1-8-2-9(6-13-5-8)11(7-12)3-10(14)4-11/h2,5-6H,3-4H2,1H3. The Bertz CT molecular complexity index is 423. The summed E-state index contributed by atoms with van der Waals surface area (Å²) in [5.41, 5.74) is 1.31. The first-order valence-corrected chi connectivity index (χ1v) is 4.51. The lowest BCUT2D eigenvalue weighted by atomic mass is 9.65. The minimum atomic E-state index is -0.587. The number of pyridine rings is 1. The zero-order valence-corrected chi connectivity index (χ0v) is 7.95. The van der Waals surface area contributed by atoms with E-state index >= 15 is 0 Å². The van der Waals surface area contributed by atoms with Gasteiger partial charge in [-0.15, -0.1) is 0 Å². The summed E-state index contributed by atoms with van der Waals surface area (Å²) in [5.74, 6) is 0.160. The van der Waals surface area contributed by atoms with Gasteiger partial charge < -0.3 is 0 Å². The molecule has 3 nitrogen and oxygen atoms in total. The lowest BCUT2D eigenvalue weighted by Gasteiger charge is -2.33. The number of nitrogens with zero attached hydrogens (tertiary/aromatic N) is 2. The van der Waals surface area contributed by atoms with E-state index in [0.29, 0.717) is 12.8 Å². The van der Waals surface area contributed by atoms with Gasteiger partial charge in [0.05, 0.1) is 11.5 Å². The molecule has 1 heterocycles. The van der Waals surface area contributed by atoms with Crippen molar-refractivity contribution in [1.29, 1.82) is 5.26 Å². The van der Waals surface area contributed by atoms with Gasteiger partial charge in [-0.05, 0) is 18.1 Å². The van der Waals surface area contributed by atoms with Crippen molar-refractivity contribution >= 4 is 5.78 Å². The molecule has 0 aliphatic heterocycles. The van der Waals surface area contributed by atoms with Crippen LogP contribution in [0.4, 0.5) is 0 Å². The molecule has 1 saturated carbocycles. The highest BCUT2D eigenvalue weighted by molar-refractivity contribution is 5.90. The fourth-order valence-corrected chi connectivity index (χ4v) is 1.79. The van der Waals surface area contributed by atoms with Crippen molar-refractivity contribution < 1.29 is 4.79 Å². The Morgan fingerprint density at radius 3 is 2.71 bits per heavy atom. The summed E-state index contributed by atoms with van der Waals surface area (Å²) < 4.78 is 0. The molecule has 0 N–H and O–H groups in total. The van der Waals surface area contributed by atoms with Gasteiger partial charge in [-0.3, -0.25) is 9.78 Å². The van der Waals surface area contributed by atoms with Gasteiger partial charge in [0.15, 0.2) is 0 Å². The number of hydrogen-bond acceptors (Lipinski definition) is 3. The van der Waals surface area contributed by atoms with Gasteiger partial charge in [-0.2, -0.15) is 5.26 Å². The smallest absolute Gasteiger partial charge is 0.136 e. The maximum atomic E-state index is 11.0. The first-order chi connectivity index (χ1) is 6.66. The Balaban J connectivity index is 2.39. The summed E-state index contributed by atoms with van der Waals surface area (Å²) in [7, 11) is 0. The molecule has 70 valence electrons. The molecule has 0 unspecified atom stereocenters. The fourth-order valence-electron chi connectivity index (χ4n) is 1.79. The van der Waals surface area contributed by atoms with Crippen molar-refractivity contribution in [2.24, 2.45) is 0 Å². The van der Waals surface area contributed by atoms with Crippen molar-refractivity contribution in [3.63, 3.8) is 0 Å². The van der Waals surface area contributed by atoms with Gasteiger partial charge in [0.2, 0.25) is 0 Å². The van der Waals surface area contributed by atoms with Gasteiger partial charge in [-0.25, -0.2) is 0 Å². The van der Waals surface area contributed by atoms with Crippen LogP contribution in [0.3, 0.4) is 0 Å². The summed E-state index contributed by atoms with van der Waals surface area (Å²) in [6, 6.07) is 4.16. The zero-order chi connectivity index (χ0) is 10.2. The third-order valence-corrected chi connectivity index (χ3v) is 2.64. The van der Waals surface area contributed by atoms with Crippen LogP contribution in [0.1, 0.15) is 24.0 Å². The first kappa shape index (κ1) is 8.89. The van der Waals surface area contributed by atoms with E-state index < -0.39 is 5.41 Å². The summed E-state index contributed by atoms with van der Waals surface area (Å²) >= 11 is 0. The highest BCUT2D eigenvalue weighted by Gasteiger charge is 2.45. The lowest BCUT2D eigenvalue weighted by molar-refractivity contribution is -0.126. The van der Waals surface area contributed by atoms with Crippen molar-refractivity contribution in [2.45, 2.75) is 25.2 Å². The molecule has 0 aromatic carbocycles. The Hall–Kier alpha value is -1.69. The highest BCUT2D eigenvalue weighted by Crippen LogP contribution is 2.40. The second kappa shape index (κ2) is 2.91. The third kappa shape index (κ3) is 1.20. The van der Waals surface area contributed by atoms with Gasteiger partial charge in [-0.1, -0.05) is 6.07 Å². The first-order valence-electron chi connectivity index (χ1n) is 4.51. The SMILES string of the molecule is Cc1cncc(C2(C#N)CC(=O)C2)c1. The van der Waals surface area contributed by atoms with E-state index in [2.05, 4.69) is 11.1 Å². The molecule has 1 aliphatic carbocycles. The van der Waals surface area contributed by atoms with E-state index in [9.17, 15) is 4.79 Å². The van der Waals surface area contributed by atoms with Crippen molar-refractivity contribution in [3.8, 4) is 6.07 Å². The molecule has 0 saturated heterocycles. The molecule has 1 aromatic heterocycles. The topological polar surface area (TPSA) is 53.8 Å². The molecular formula is C11H10N2O. The minimum absolute atomic E-state index is 0.160. The Kier molecular flexibility index (Phi) is 1.85. The summed E-state index contributed by atoms with van der Waals surface area (Å²) in [5, 5.41) is 9.07. The monoisotopic (exact) mass is 186 g/mol. The van der Waals surface area contributed by atoms with Crippen molar-refractivity contribution in [3.05, 3.63) is 29.6 Å². The molecule has 1 aromatic rings. The van der Waals surface area contributed by atoms with E-state index in [-0.39, 0.29) is 5.78 Å². The second-order valence-corrected chi connectivity index (χ2v) is 3.84. The van der Waals surface area contributed by atoms with Gasteiger partial charge in [0, 0.05) is 25.2 Å². The van der Waals surface area contributed by atoms with Crippen LogP contribution >= 0.6 is 0 Å². The van der Waals surface area contributed by atoms with Crippen LogP contribution in [0.2, 0.25) is 0 Å². The summed E-state index contributed by atoms with van der Waals surface area (Å²) in [6.07, 6.45) is 4.11. The normalized spacial score (nSPS) is 18.4. The van der Waals surface area contributed by atoms with Gasteiger partial charge in [0.25, 0.3) is 0 Å². The Morgan fingerprint density at radius 1 is 1.50 bits per heavy atom. The molecule has 2 rings (SSSR count). The third-order valence-electron chi connectivity index (χ3n) is 2.64. The summed E-state index contributed by atoms with van der Waals surface area (Å²) in [6.45, 7) is 1.93. The van der Waals surface area contributed by atoms with Crippen LogP contribution in [0.5, 0.6) is 0 Å². The van der Waals surface area contributed by atoms with E-state index in [4.69, 9.17) is 5.26 Å². The molecule has 1 aliphatic rings. The molecule has 0 amide bonds. The fraction of sp³-hybridized carbons (Fsp3) is 0.364. The highest BCUT2D eigenvalue weighted by atomic mass is 16.1. The summed E-state index contributed by atoms with van der Waals surface area (Å²) in [4.78, 5) is 15.0. The quantitative estimate of drug-likeness (QED) is 0.668. The molecule has 0 spiro atoms. The zero-order valence-electron chi connectivity index (χ0n) is 7.95. The maximum absolute atomic E-state index is 11.0. The van der Waals surface area contributed by atoms with E-state index in [0.717, 1.165) is 11.1 Å².